The van der Waals surface area contributed by atoms with Gasteiger partial charge in [0.2, 0.25) is 0 Å². The van der Waals surface area contributed by atoms with E-state index in [-0.39, 0.29) is 17.7 Å². The highest BCUT2D eigenvalue weighted by Crippen LogP contribution is 2.27. The molecule has 0 saturated carbocycles. The molecule has 0 radical (unpaired) electrons. The zero-order chi connectivity index (χ0) is 24.9. The van der Waals surface area contributed by atoms with Gasteiger partial charge < -0.3 is 14.6 Å². The predicted molar refractivity (Wildman–Crippen MR) is 129 cm³/mol. The number of nitriles is 1. The van der Waals surface area contributed by atoms with Crippen LogP contribution in [0.3, 0.4) is 0 Å². The Hall–Kier alpha value is -3.63. The first-order valence-electron chi connectivity index (χ1n) is 10.9. The Kier molecular flexibility index (Phi) is 7.75. The maximum atomic E-state index is 13.1. The molecule has 0 saturated heterocycles. The van der Waals surface area contributed by atoms with Gasteiger partial charge in [0.15, 0.2) is 5.60 Å². The van der Waals surface area contributed by atoms with Crippen LogP contribution in [-0.4, -0.2) is 33.1 Å². The highest BCUT2D eigenvalue weighted by atomic mass is 35.5. The van der Waals surface area contributed by atoms with Crippen molar-refractivity contribution in [3.8, 4) is 6.07 Å². The molecule has 0 unspecified atom stereocenters. The van der Waals surface area contributed by atoms with Crippen molar-refractivity contribution >= 4 is 23.5 Å². The van der Waals surface area contributed by atoms with Crippen molar-refractivity contribution in [3.05, 3.63) is 88.5 Å². The summed E-state index contributed by atoms with van der Waals surface area (Å²) < 4.78 is 7.04. The quantitative estimate of drug-likeness (QED) is 0.483. The van der Waals surface area contributed by atoms with Crippen molar-refractivity contribution in [3.63, 3.8) is 0 Å². The van der Waals surface area contributed by atoms with Crippen LogP contribution in [0.2, 0.25) is 5.02 Å². The van der Waals surface area contributed by atoms with Crippen LogP contribution in [0.15, 0.2) is 61.1 Å². The normalized spacial score (nSPS) is 12.9. The summed E-state index contributed by atoms with van der Waals surface area (Å²) in [6.07, 6.45) is 3.49. The van der Waals surface area contributed by atoms with E-state index in [1.54, 1.807) is 27.0 Å². The van der Waals surface area contributed by atoms with Gasteiger partial charge in [-0.15, -0.1) is 0 Å². The molecule has 1 amide bonds. The summed E-state index contributed by atoms with van der Waals surface area (Å²) in [7, 11) is 1.68. The van der Waals surface area contributed by atoms with Crippen LogP contribution in [0.5, 0.6) is 0 Å². The van der Waals surface area contributed by atoms with Gasteiger partial charge in [-0.25, -0.2) is 9.78 Å². The molecule has 0 aliphatic carbocycles. The minimum Gasteiger partial charge on any atom is -0.445 e. The summed E-state index contributed by atoms with van der Waals surface area (Å²) >= 11 is 6.03. The third-order valence-electron chi connectivity index (χ3n) is 5.70. The van der Waals surface area contributed by atoms with Gasteiger partial charge in [0, 0.05) is 24.0 Å². The molecule has 34 heavy (non-hydrogen) atoms. The van der Waals surface area contributed by atoms with E-state index in [2.05, 4.69) is 16.4 Å². The van der Waals surface area contributed by atoms with Crippen LogP contribution in [0.4, 0.5) is 0 Å². The molecule has 2 aromatic carbocycles. The third kappa shape index (κ3) is 6.03. The summed E-state index contributed by atoms with van der Waals surface area (Å²) in [6.45, 7) is 5.00. The Labute approximate surface area is 204 Å². The van der Waals surface area contributed by atoms with Crippen molar-refractivity contribution in [2.75, 3.05) is 0 Å². The lowest BCUT2D eigenvalue weighted by atomic mass is 9.85. The molecule has 0 aliphatic rings. The van der Waals surface area contributed by atoms with Gasteiger partial charge in [0.25, 0.3) is 5.91 Å². The average Bonchev–Trinajstić information content (AvgIpc) is 3.24. The van der Waals surface area contributed by atoms with E-state index in [1.807, 2.05) is 49.4 Å². The van der Waals surface area contributed by atoms with E-state index in [9.17, 15) is 14.9 Å². The molecular weight excluding hydrogens is 452 g/mol. The first-order chi connectivity index (χ1) is 16.1. The number of nitrogens with one attached hydrogen (secondary N) is 1. The van der Waals surface area contributed by atoms with Gasteiger partial charge in [-0.3, -0.25) is 4.79 Å². The highest BCUT2D eigenvalue weighted by Gasteiger charge is 2.35. The minimum absolute atomic E-state index is 0.137. The Bertz CT molecular complexity index is 1210. The van der Waals surface area contributed by atoms with Crippen molar-refractivity contribution in [2.45, 2.75) is 44.8 Å². The van der Waals surface area contributed by atoms with Gasteiger partial charge in [-0.05, 0) is 62.6 Å². The van der Waals surface area contributed by atoms with E-state index in [0.29, 0.717) is 17.0 Å². The number of esters is 1. The minimum atomic E-state index is -1.41. The number of benzene rings is 2. The standard InChI is InChI=1S/C26H27ClN4O3/c1-17(30-25(33)26(2,3)34-24(32)23-15-29-16-31(23)4)22(13-18-8-10-21(27)11-9-18)20-7-5-6-19(12-20)14-28/h5-12,15-17,22H,13H2,1-4H3,(H,30,33)/t17-,22+/m0/s1. The summed E-state index contributed by atoms with van der Waals surface area (Å²) in [4.78, 5) is 29.6. The Morgan fingerprint density at radius 1 is 1.24 bits per heavy atom. The number of amides is 1. The first-order valence-corrected chi connectivity index (χ1v) is 11.2. The number of rotatable bonds is 8. The fourth-order valence-electron chi connectivity index (χ4n) is 3.66. The van der Waals surface area contributed by atoms with E-state index in [0.717, 1.165) is 11.1 Å². The first kappa shape index (κ1) is 25.0. The molecule has 8 heteroatoms. The van der Waals surface area contributed by atoms with Gasteiger partial charge in [0.05, 0.1) is 24.2 Å². The summed E-state index contributed by atoms with van der Waals surface area (Å²) in [5.41, 5.74) is 1.35. The molecule has 1 heterocycles. The number of aryl methyl sites for hydroxylation is 1. The van der Waals surface area contributed by atoms with Crippen molar-refractivity contribution in [2.24, 2.45) is 7.05 Å². The third-order valence-corrected chi connectivity index (χ3v) is 5.95. The van der Waals surface area contributed by atoms with E-state index in [4.69, 9.17) is 16.3 Å². The molecule has 7 nitrogen and oxygen atoms in total. The number of carbonyl (C=O) groups excluding carboxylic acids is 2. The molecule has 2 atom stereocenters. The van der Waals surface area contributed by atoms with E-state index >= 15 is 0 Å². The SMILES string of the molecule is C[C@H](NC(=O)C(C)(C)OC(=O)c1cncn1C)[C@@H](Cc1ccc(Cl)cc1)c1cccc(C#N)c1. The largest absolute Gasteiger partial charge is 0.445 e. The number of hydrogen-bond acceptors (Lipinski definition) is 5. The molecule has 0 aliphatic heterocycles. The number of halogens is 1. The maximum absolute atomic E-state index is 13.1. The molecule has 1 aromatic heterocycles. The average molecular weight is 479 g/mol. The lowest BCUT2D eigenvalue weighted by molar-refractivity contribution is -0.138. The Morgan fingerprint density at radius 2 is 1.94 bits per heavy atom. The highest BCUT2D eigenvalue weighted by molar-refractivity contribution is 6.30. The number of nitrogens with zero attached hydrogens (tertiary/aromatic N) is 3. The fraction of sp³-hybridized carbons (Fsp3) is 0.308. The number of carbonyl (C=O) groups is 2. The van der Waals surface area contributed by atoms with Gasteiger partial charge in [0.1, 0.15) is 5.69 Å². The van der Waals surface area contributed by atoms with Crippen LogP contribution in [0, 0.1) is 11.3 Å². The van der Waals surface area contributed by atoms with Crippen LogP contribution < -0.4 is 5.32 Å². The van der Waals surface area contributed by atoms with Crippen molar-refractivity contribution < 1.29 is 14.3 Å². The maximum Gasteiger partial charge on any atom is 0.357 e. The summed E-state index contributed by atoms with van der Waals surface area (Å²) in [5.74, 6) is -1.19. The summed E-state index contributed by atoms with van der Waals surface area (Å²) in [6, 6.07) is 16.7. The number of imidazole rings is 1. The Morgan fingerprint density at radius 3 is 2.56 bits per heavy atom. The van der Waals surface area contributed by atoms with Crippen LogP contribution in [-0.2, 0) is 23.0 Å². The molecule has 1 N–H and O–H groups in total. The van der Waals surface area contributed by atoms with Gasteiger partial charge in [-0.2, -0.15) is 5.26 Å². The second-order valence-electron chi connectivity index (χ2n) is 8.73. The molecule has 3 rings (SSSR count). The fourth-order valence-corrected chi connectivity index (χ4v) is 3.79. The van der Waals surface area contributed by atoms with Crippen molar-refractivity contribution in [1.82, 2.24) is 14.9 Å². The zero-order valence-electron chi connectivity index (χ0n) is 19.6. The molecule has 3 aromatic rings. The monoisotopic (exact) mass is 478 g/mol. The van der Waals surface area contributed by atoms with E-state index < -0.39 is 17.5 Å². The molecule has 0 bridgehead atoms. The zero-order valence-corrected chi connectivity index (χ0v) is 20.3. The van der Waals surface area contributed by atoms with Crippen molar-refractivity contribution in [1.29, 1.82) is 5.26 Å². The molecule has 0 fully saturated rings. The smallest absolute Gasteiger partial charge is 0.357 e. The molecule has 0 spiro atoms. The Balaban J connectivity index is 1.80. The number of aromatic nitrogens is 2. The second kappa shape index (κ2) is 10.5. The lowest BCUT2D eigenvalue weighted by Crippen LogP contribution is -2.50. The molecular formula is C26H27ClN4O3. The van der Waals surface area contributed by atoms with Crippen LogP contribution in [0.25, 0.3) is 0 Å². The topological polar surface area (TPSA) is 97.0 Å². The van der Waals surface area contributed by atoms with E-state index in [1.165, 1.54) is 17.1 Å². The van der Waals surface area contributed by atoms with Crippen LogP contribution >= 0.6 is 11.6 Å². The second-order valence-corrected chi connectivity index (χ2v) is 9.16. The van der Waals surface area contributed by atoms with Gasteiger partial charge >= 0.3 is 5.97 Å². The van der Waals surface area contributed by atoms with Crippen LogP contribution in [0.1, 0.15) is 53.9 Å². The van der Waals surface area contributed by atoms with Gasteiger partial charge in [-0.1, -0.05) is 35.9 Å². The molecule has 176 valence electrons. The lowest BCUT2D eigenvalue weighted by Gasteiger charge is -2.30. The summed E-state index contributed by atoms with van der Waals surface area (Å²) in [5, 5.41) is 13.0. The number of hydrogen-bond donors (Lipinski definition) is 1. The number of ether oxygens (including phenoxy) is 1. The predicted octanol–water partition coefficient (Wildman–Crippen LogP) is 4.41.